The quantitative estimate of drug-likeness (QED) is 0.401. The summed E-state index contributed by atoms with van der Waals surface area (Å²) >= 11 is 3.08. The number of thioether (sulfide) groups is 1. The first-order valence-electron chi connectivity index (χ1n) is 9.67. The van der Waals surface area contributed by atoms with Crippen molar-refractivity contribution in [3.8, 4) is 0 Å². The number of anilines is 1. The molecule has 154 valence electrons. The van der Waals surface area contributed by atoms with Crippen LogP contribution in [0.5, 0.6) is 0 Å². The van der Waals surface area contributed by atoms with Crippen LogP contribution in [0.2, 0.25) is 0 Å². The number of hydrogen-bond donors (Lipinski definition) is 2. The molecule has 0 unspecified atom stereocenters. The van der Waals surface area contributed by atoms with Crippen molar-refractivity contribution in [3.05, 3.63) is 46.6 Å². The molecule has 8 heteroatoms. The molecule has 0 radical (unpaired) electrons. The van der Waals surface area contributed by atoms with Gasteiger partial charge in [-0.3, -0.25) is 0 Å². The van der Waals surface area contributed by atoms with Crippen molar-refractivity contribution in [2.75, 3.05) is 39.1 Å². The number of rotatable bonds is 9. The highest BCUT2D eigenvalue weighted by atomic mass is 32.2. The van der Waals surface area contributed by atoms with Crippen LogP contribution in [0.1, 0.15) is 28.0 Å². The Morgan fingerprint density at radius 3 is 2.69 bits per heavy atom. The molecule has 0 aliphatic heterocycles. The fourth-order valence-corrected chi connectivity index (χ4v) is 4.73. The summed E-state index contributed by atoms with van der Waals surface area (Å²) in [5.74, 6) is 1.92. The van der Waals surface area contributed by atoms with Gasteiger partial charge in [-0.2, -0.15) is 0 Å². The average Bonchev–Trinajstić information content (AvgIpc) is 3.04. The van der Waals surface area contributed by atoms with Crippen LogP contribution in [-0.4, -0.2) is 49.7 Å². The van der Waals surface area contributed by atoms with Crippen LogP contribution >= 0.6 is 23.1 Å². The molecule has 0 saturated carbocycles. The molecular weight excluding hydrogens is 404 g/mol. The van der Waals surface area contributed by atoms with Crippen LogP contribution in [-0.2, 0) is 10.5 Å². The van der Waals surface area contributed by atoms with Gasteiger partial charge in [0.1, 0.15) is 21.3 Å². The van der Waals surface area contributed by atoms with Crippen LogP contribution in [0.3, 0.4) is 0 Å². The third-order valence-electron chi connectivity index (χ3n) is 4.33. The number of ether oxygens (including phenoxy) is 1. The number of likely N-dealkylation sites (N-methyl/N-ethyl adjacent to an activating group) is 1. The first-order chi connectivity index (χ1) is 14.0. The maximum absolute atomic E-state index is 12.4. The third-order valence-corrected chi connectivity index (χ3v) is 6.50. The second-order valence-corrected chi connectivity index (χ2v) is 8.98. The molecule has 0 aliphatic carbocycles. The minimum absolute atomic E-state index is 0.295. The number of hydrogen-bond acceptors (Lipinski definition) is 7. The molecule has 0 bridgehead atoms. The van der Waals surface area contributed by atoms with Crippen molar-refractivity contribution < 1.29 is 14.4 Å². The molecule has 0 spiro atoms. The van der Waals surface area contributed by atoms with E-state index in [4.69, 9.17) is 14.7 Å². The molecule has 6 nitrogen and oxygen atoms in total. The Morgan fingerprint density at radius 2 is 2.00 bits per heavy atom. The number of carbonyl (C=O) groups is 1. The second-order valence-electron chi connectivity index (χ2n) is 6.93. The number of esters is 1. The Labute approximate surface area is 179 Å². The topological polar surface area (TPSA) is 68.5 Å². The largest absolute Gasteiger partial charge is 0.462 e. The fraction of sp³-hybridized carbons (Fsp3) is 0.381. The maximum Gasteiger partial charge on any atom is 0.348 e. The summed E-state index contributed by atoms with van der Waals surface area (Å²) in [4.78, 5) is 25.9. The zero-order chi connectivity index (χ0) is 20.8. The van der Waals surface area contributed by atoms with Gasteiger partial charge in [0.15, 0.2) is 0 Å². The zero-order valence-electron chi connectivity index (χ0n) is 17.2. The molecule has 3 rings (SSSR count). The third kappa shape index (κ3) is 5.46. The maximum atomic E-state index is 12.4. The molecule has 29 heavy (non-hydrogen) atoms. The predicted molar refractivity (Wildman–Crippen MR) is 120 cm³/mol. The summed E-state index contributed by atoms with van der Waals surface area (Å²) in [7, 11) is 4.24. The van der Waals surface area contributed by atoms with Gasteiger partial charge in [0.05, 0.1) is 44.9 Å². The smallest absolute Gasteiger partial charge is 0.348 e. The molecule has 2 aromatic heterocycles. The average molecular weight is 432 g/mol. The van der Waals surface area contributed by atoms with E-state index in [0.29, 0.717) is 17.2 Å². The molecule has 0 saturated heterocycles. The molecule has 0 atom stereocenters. The molecule has 0 aliphatic rings. The molecule has 2 heterocycles. The Bertz CT molecular complexity index is 974. The number of benzene rings is 1. The summed E-state index contributed by atoms with van der Waals surface area (Å²) in [6.45, 7) is 5.87. The minimum atomic E-state index is -0.295. The summed E-state index contributed by atoms with van der Waals surface area (Å²) in [5.41, 5.74) is 0.880. The van der Waals surface area contributed by atoms with Crippen LogP contribution in [0.4, 0.5) is 5.82 Å². The predicted octanol–water partition coefficient (Wildman–Crippen LogP) is 3.03. The summed E-state index contributed by atoms with van der Waals surface area (Å²) < 4.78 is 5.22. The van der Waals surface area contributed by atoms with Gasteiger partial charge in [0.25, 0.3) is 0 Å². The Kier molecular flexibility index (Phi) is 7.46. The van der Waals surface area contributed by atoms with Gasteiger partial charge in [-0.1, -0.05) is 18.2 Å². The van der Waals surface area contributed by atoms with Gasteiger partial charge < -0.3 is 15.0 Å². The number of quaternary nitrogens is 1. The van der Waals surface area contributed by atoms with Crippen molar-refractivity contribution in [2.24, 2.45) is 0 Å². The van der Waals surface area contributed by atoms with E-state index in [1.54, 1.807) is 11.8 Å². The van der Waals surface area contributed by atoms with Gasteiger partial charge in [-0.25, -0.2) is 14.8 Å². The van der Waals surface area contributed by atoms with E-state index in [-0.39, 0.29) is 5.97 Å². The Morgan fingerprint density at radius 1 is 1.24 bits per heavy atom. The van der Waals surface area contributed by atoms with E-state index in [1.165, 1.54) is 21.1 Å². The zero-order valence-corrected chi connectivity index (χ0v) is 18.9. The molecule has 0 amide bonds. The first kappa shape index (κ1) is 21.5. The SMILES string of the molecule is CCOC(=O)c1sc2nc(CSc3ccccc3)nc(NCC[NH+](C)C)c2c1C. The van der Waals surface area contributed by atoms with E-state index < -0.39 is 0 Å². The molecular formula is C21H27N4O2S2+. The molecule has 1 aromatic carbocycles. The summed E-state index contributed by atoms with van der Waals surface area (Å²) in [6, 6.07) is 10.2. The van der Waals surface area contributed by atoms with Gasteiger partial charge in [0.2, 0.25) is 0 Å². The molecule has 2 N–H and O–H groups in total. The lowest BCUT2D eigenvalue weighted by molar-refractivity contribution is -0.856. The second kappa shape index (κ2) is 10.0. The summed E-state index contributed by atoms with van der Waals surface area (Å²) in [5, 5.41) is 4.37. The number of fused-ring (bicyclic) bond motifs is 1. The van der Waals surface area contributed by atoms with Crippen LogP contribution in [0.15, 0.2) is 35.2 Å². The van der Waals surface area contributed by atoms with Crippen LogP contribution in [0.25, 0.3) is 10.2 Å². The van der Waals surface area contributed by atoms with Crippen molar-refractivity contribution in [2.45, 2.75) is 24.5 Å². The lowest BCUT2D eigenvalue weighted by atomic mass is 10.2. The number of aryl methyl sites for hydroxylation is 1. The van der Waals surface area contributed by atoms with E-state index >= 15 is 0 Å². The van der Waals surface area contributed by atoms with Crippen molar-refractivity contribution in [1.29, 1.82) is 0 Å². The van der Waals surface area contributed by atoms with E-state index in [1.807, 2.05) is 32.0 Å². The molecule has 3 aromatic rings. The van der Waals surface area contributed by atoms with Crippen LogP contribution in [0, 0.1) is 6.92 Å². The standard InChI is InChI=1S/C21H26N4O2S2/c1-5-27-21(26)18-14(2)17-19(22-11-12-25(3)4)23-16(24-20(17)29-18)13-28-15-9-7-6-8-10-15/h6-10H,5,11-13H2,1-4H3,(H,22,23,24)/p+1. The minimum Gasteiger partial charge on any atom is -0.462 e. The highest BCUT2D eigenvalue weighted by Crippen LogP contribution is 2.35. The first-order valence-corrected chi connectivity index (χ1v) is 11.5. The van der Waals surface area contributed by atoms with Crippen molar-refractivity contribution in [1.82, 2.24) is 9.97 Å². The highest BCUT2D eigenvalue weighted by Gasteiger charge is 2.21. The Balaban J connectivity index is 1.93. The van der Waals surface area contributed by atoms with Gasteiger partial charge in [-0.05, 0) is 31.5 Å². The number of nitrogens with zero attached hydrogens (tertiary/aromatic N) is 2. The van der Waals surface area contributed by atoms with Crippen molar-refractivity contribution in [3.63, 3.8) is 0 Å². The number of aromatic nitrogens is 2. The number of carbonyl (C=O) groups excluding carboxylic acids is 1. The van der Waals surface area contributed by atoms with E-state index in [9.17, 15) is 4.79 Å². The van der Waals surface area contributed by atoms with Gasteiger partial charge >= 0.3 is 5.97 Å². The summed E-state index contributed by atoms with van der Waals surface area (Å²) in [6.07, 6.45) is 0. The Hall–Kier alpha value is -2.16. The fourth-order valence-electron chi connectivity index (χ4n) is 2.86. The van der Waals surface area contributed by atoms with Gasteiger partial charge in [0, 0.05) is 4.90 Å². The van der Waals surface area contributed by atoms with E-state index in [0.717, 1.165) is 40.5 Å². The monoisotopic (exact) mass is 431 g/mol. The lowest BCUT2D eigenvalue weighted by Crippen LogP contribution is -3.06. The van der Waals surface area contributed by atoms with E-state index in [2.05, 4.69) is 31.5 Å². The number of thiophene rings is 1. The van der Waals surface area contributed by atoms with Gasteiger partial charge in [-0.15, -0.1) is 23.1 Å². The van der Waals surface area contributed by atoms with Crippen LogP contribution < -0.4 is 10.2 Å². The van der Waals surface area contributed by atoms with Crippen molar-refractivity contribution >= 4 is 45.1 Å². The number of nitrogens with one attached hydrogen (secondary N) is 2. The lowest BCUT2D eigenvalue weighted by Gasteiger charge is -2.11. The highest BCUT2D eigenvalue weighted by molar-refractivity contribution is 7.98. The molecule has 0 fully saturated rings. The normalized spacial score (nSPS) is 11.2.